The Bertz CT molecular complexity index is 339. The van der Waals surface area contributed by atoms with Crippen molar-refractivity contribution < 1.29 is 12.6 Å². The monoisotopic (exact) mass is 313 g/mol. The third-order valence-corrected chi connectivity index (χ3v) is 3.80. The van der Waals surface area contributed by atoms with E-state index in [-0.39, 0.29) is 36.2 Å². The summed E-state index contributed by atoms with van der Waals surface area (Å²) in [5, 5.41) is 9.34. The topological polar surface area (TPSA) is 67.2 Å². The first-order valence-corrected chi connectivity index (χ1v) is 8.83. The molecule has 0 heterocycles. The Morgan fingerprint density at radius 1 is 0.850 bits per heavy atom. The maximum atomic E-state index is 10.7. The zero-order valence-corrected chi connectivity index (χ0v) is 12.9. The Hall–Kier alpha value is 0.400. The average molecular weight is 313 g/mol. The predicted octanol–water partition coefficient (Wildman–Crippen LogP) is 3.48. The summed E-state index contributed by atoms with van der Waals surface area (Å²) in [6, 6.07) is 0. The van der Waals surface area contributed by atoms with Crippen LogP contribution in [0.25, 0.3) is 0 Å². The van der Waals surface area contributed by atoms with Gasteiger partial charge in [0.1, 0.15) is 0 Å². The fourth-order valence-electron chi connectivity index (χ4n) is 1.96. The maximum absolute atomic E-state index is 10.7. The van der Waals surface area contributed by atoms with Crippen LogP contribution < -0.4 is 0 Å². The van der Waals surface area contributed by atoms with Gasteiger partial charge in [0.15, 0.2) is 0 Å². The van der Waals surface area contributed by atoms with Crippen LogP contribution in [0.1, 0.15) is 77.6 Å². The van der Waals surface area contributed by atoms with Crippen LogP contribution in [0.4, 0.5) is 0 Å². The molecule has 0 radical (unpaired) electrons. The van der Waals surface area contributed by atoms with Crippen LogP contribution in [0, 0.1) is 10.7 Å². The number of hydrogen-bond acceptors (Lipinski definition) is 4. The average Bonchev–Trinajstić information content (AvgIpc) is 2.40. The second kappa shape index (κ2) is 15.8. The Morgan fingerprint density at radius 3 is 1.65 bits per heavy atom. The van der Waals surface area contributed by atoms with Crippen molar-refractivity contribution in [2.24, 2.45) is 0 Å². The van der Waals surface area contributed by atoms with Gasteiger partial charge in [0.25, 0.3) is 0 Å². The first kappa shape index (κ1) is 22.7. The molecule has 0 saturated heterocycles. The van der Waals surface area contributed by atoms with Crippen molar-refractivity contribution in [1.29, 1.82) is 5.26 Å². The van der Waals surface area contributed by atoms with Gasteiger partial charge in [-0.3, -0.25) is 4.18 Å². The van der Waals surface area contributed by atoms with Crippen LogP contribution in [0.2, 0.25) is 0 Å². The van der Waals surface area contributed by atoms with Crippen LogP contribution in [-0.2, 0) is 14.3 Å². The van der Waals surface area contributed by atoms with Gasteiger partial charge in [0, 0.05) is 0 Å². The Labute approximate surface area is 146 Å². The van der Waals surface area contributed by atoms with Gasteiger partial charge in [-0.2, -0.15) is 13.7 Å². The van der Waals surface area contributed by atoms with Crippen LogP contribution in [0.15, 0.2) is 0 Å². The van der Waals surface area contributed by atoms with Crippen LogP contribution in [-0.4, -0.2) is 44.6 Å². The minimum absolute atomic E-state index is 0. The minimum atomic E-state index is -3.93. The molecule has 114 valence electrons. The molecular weight excluding hydrogens is 285 g/mol. The third-order valence-electron chi connectivity index (χ3n) is 3.10. The van der Waals surface area contributed by atoms with Crippen molar-refractivity contribution in [2.45, 2.75) is 77.6 Å². The van der Waals surface area contributed by atoms with E-state index in [1.54, 1.807) is 0 Å². The van der Waals surface area contributed by atoms with Gasteiger partial charge in [-0.05, 0) is 6.42 Å². The Balaban J connectivity index is 0. The van der Waals surface area contributed by atoms with E-state index in [0.29, 0.717) is 6.42 Å². The summed E-state index contributed by atoms with van der Waals surface area (Å²) in [6.45, 7) is 2.36. The van der Waals surface area contributed by atoms with Gasteiger partial charge in [-0.1, -0.05) is 71.1 Å². The van der Waals surface area contributed by atoms with Gasteiger partial charge < -0.3 is 0 Å². The van der Waals surface area contributed by atoms with Crippen LogP contribution in [0.3, 0.4) is 0 Å². The molecule has 0 aromatic heterocycles. The van der Waals surface area contributed by atoms with Crippen LogP contribution in [0.5, 0.6) is 0 Å². The molecule has 20 heavy (non-hydrogen) atoms. The van der Waals surface area contributed by atoms with E-state index < -0.39 is 10.1 Å². The second-order valence-electron chi connectivity index (χ2n) is 4.90. The predicted molar refractivity (Wildman–Crippen MR) is 84.1 cm³/mol. The van der Waals surface area contributed by atoms with Crippen molar-refractivity contribution in [3.63, 3.8) is 0 Å². The second-order valence-corrected chi connectivity index (χ2v) is 6.23. The summed E-state index contributed by atoms with van der Waals surface area (Å²) >= 11 is 0. The SMILES string of the molecule is CCCCCCCCCCCCCOS(=O)(=O)C#N.[NaH]. The fraction of sp³-hybridized carbons (Fsp3) is 0.929. The zero-order valence-electron chi connectivity index (χ0n) is 12.1. The number of hydrogen-bond donors (Lipinski definition) is 0. The van der Waals surface area contributed by atoms with Crippen molar-refractivity contribution in [1.82, 2.24) is 0 Å². The zero-order chi connectivity index (χ0) is 14.4. The molecule has 4 nitrogen and oxygen atoms in total. The molecule has 0 saturated carbocycles. The van der Waals surface area contributed by atoms with E-state index in [9.17, 15) is 8.42 Å². The molecule has 0 bridgehead atoms. The summed E-state index contributed by atoms with van der Waals surface area (Å²) in [6.07, 6.45) is 13.3. The van der Waals surface area contributed by atoms with Crippen LogP contribution >= 0.6 is 0 Å². The molecule has 0 aromatic carbocycles. The fourth-order valence-corrected chi connectivity index (χ4v) is 2.35. The Morgan fingerprint density at radius 2 is 1.25 bits per heavy atom. The van der Waals surface area contributed by atoms with E-state index >= 15 is 0 Å². The first-order valence-electron chi connectivity index (χ1n) is 7.42. The summed E-state index contributed by atoms with van der Waals surface area (Å²) in [5.74, 6) is 0. The molecule has 0 N–H and O–H groups in total. The van der Waals surface area contributed by atoms with Crippen molar-refractivity contribution >= 4 is 39.7 Å². The molecule has 0 unspecified atom stereocenters. The van der Waals surface area contributed by atoms with Gasteiger partial charge in [-0.15, -0.1) is 0 Å². The molecule has 0 aromatic rings. The van der Waals surface area contributed by atoms with E-state index in [1.165, 1.54) is 51.4 Å². The van der Waals surface area contributed by atoms with Gasteiger partial charge in [-0.25, -0.2) is 0 Å². The summed E-state index contributed by atoms with van der Waals surface area (Å²) < 4.78 is 25.9. The van der Waals surface area contributed by atoms with Gasteiger partial charge >= 0.3 is 39.7 Å². The summed E-state index contributed by atoms with van der Waals surface area (Å²) in [5.41, 5.74) is 0. The number of nitriles is 1. The summed E-state index contributed by atoms with van der Waals surface area (Å²) in [4.78, 5) is 0. The number of unbranched alkanes of at least 4 members (excludes halogenated alkanes) is 10. The van der Waals surface area contributed by atoms with E-state index in [2.05, 4.69) is 11.1 Å². The molecule has 0 aliphatic heterocycles. The van der Waals surface area contributed by atoms with E-state index in [4.69, 9.17) is 5.26 Å². The standard InChI is InChI=1S/C14H27NO3S.Na.H/c1-2-3-4-5-6-7-8-9-10-11-12-13-18-19(16,17)14-15;;/h2-13H2,1H3;;. The molecule has 0 amide bonds. The molecule has 0 fully saturated rings. The molecule has 0 atom stereocenters. The first-order chi connectivity index (χ1) is 9.12. The van der Waals surface area contributed by atoms with Crippen molar-refractivity contribution in [3.05, 3.63) is 0 Å². The van der Waals surface area contributed by atoms with Gasteiger partial charge in [0.2, 0.25) is 5.40 Å². The van der Waals surface area contributed by atoms with Crippen molar-refractivity contribution in [3.8, 4) is 5.40 Å². The third kappa shape index (κ3) is 16.5. The number of nitrogens with zero attached hydrogens (tertiary/aromatic N) is 1. The quantitative estimate of drug-likeness (QED) is 0.172. The summed E-state index contributed by atoms with van der Waals surface area (Å²) in [7, 11) is -3.93. The number of thiocyanates is 1. The number of rotatable bonds is 13. The normalized spacial score (nSPS) is 10.8. The Kier molecular flexibility index (Phi) is 17.9. The molecule has 0 aliphatic carbocycles. The molecule has 0 aliphatic rings. The van der Waals surface area contributed by atoms with Gasteiger partial charge in [0.05, 0.1) is 6.61 Å². The van der Waals surface area contributed by atoms with E-state index in [1.807, 2.05) is 0 Å². The molecular formula is C14H28NNaO3S. The molecule has 0 rings (SSSR count). The molecule has 0 spiro atoms. The van der Waals surface area contributed by atoms with Crippen molar-refractivity contribution in [2.75, 3.05) is 6.61 Å². The van der Waals surface area contributed by atoms with E-state index in [0.717, 1.165) is 18.2 Å². The molecule has 6 heteroatoms.